The molecule has 0 N–H and O–H groups in total. The number of ether oxygens (including phenoxy) is 1. The number of benzene rings is 1. The number of halogens is 2. The van der Waals surface area contributed by atoms with Gasteiger partial charge in [-0.3, -0.25) is 9.78 Å². The molecule has 1 aromatic carbocycles. The Bertz CT molecular complexity index is 682. The molecule has 0 saturated carbocycles. The van der Waals surface area contributed by atoms with E-state index in [1.807, 2.05) is 12.1 Å². The molecule has 114 valence electrons. The van der Waals surface area contributed by atoms with Crippen molar-refractivity contribution in [1.29, 1.82) is 0 Å². The molecule has 1 saturated heterocycles. The van der Waals surface area contributed by atoms with E-state index in [0.29, 0.717) is 41.8 Å². The molecule has 1 aromatic heterocycles. The fourth-order valence-corrected chi connectivity index (χ4v) is 3.20. The molecule has 5 heteroatoms. The summed E-state index contributed by atoms with van der Waals surface area (Å²) in [5.74, 6) is 0.00906. The molecule has 0 amide bonds. The van der Waals surface area contributed by atoms with Crippen LogP contribution in [-0.2, 0) is 10.2 Å². The van der Waals surface area contributed by atoms with Gasteiger partial charge in [-0.15, -0.1) is 0 Å². The van der Waals surface area contributed by atoms with Gasteiger partial charge < -0.3 is 4.74 Å². The average Bonchev–Trinajstić information content (AvgIpc) is 2.58. The highest BCUT2D eigenvalue weighted by molar-refractivity contribution is 6.42. The highest BCUT2D eigenvalue weighted by Crippen LogP contribution is 2.39. The fraction of sp³-hybridized carbons (Fsp3) is 0.294. The van der Waals surface area contributed by atoms with Crippen LogP contribution in [0.5, 0.6) is 0 Å². The van der Waals surface area contributed by atoms with Gasteiger partial charge >= 0.3 is 0 Å². The van der Waals surface area contributed by atoms with E-state index in [0.717, 1.165) is 5.56 Å². The normalized spacial score (nSPS) is 17.2. The maximum Gasteiger partial charge on any atom is 0.191 e. The second-order valence-electron chi connectivity index (χ2n) is 5.37. The van der Waals surface area contributed by atoms with E-state index in [2.05, 4.69) is 4.98 Å². The smallest absolute Gasteiger partial charge is 0.191 e. The van der Waals surface area contributed by atoms with Crippen molar-refractivity contribution >= 4 is 29.0 Å². The van der Waals surface area contributed by atoms with Gasteiger partial charge in [0.2, 0.25) is 0 Å². The maximum atomic E-state index is 13.1. The van der Waals surface area contributed by atoms with Gasteiger partial charge in [0.15, 0.2) is 5.78 Å². The number of nitrogens with zero attached hydrogens (tertiary/aromatic N) is 1. The third-order valence-electron chi connectivity index (χ3n) is 4.15. The lowest BCUT2D eigenvalue weighted by Gasteiger charge is -2.36. The lowest BCUT2D eigenvalue weighted by Crippen LogP contribution is -2.41. The Morgan fingerprint density at radius 2 is 1.86 bits per heavy atom. The van der Waals surface area contributed by atoms with Crippen molar-refractivity contribution in [2.75, 3.05) is 13.2 Å². The topological polar surface area (TPSA) is 39.2 Å². The summed E-state index contributed by atoms with van der Waals surface area (Å²) in [5.41, 5.74) is 0.692. The van der Waals surface area contributed by atoms with Gasteiger partial charge in [0.25, 0.3) is 0 Å². The Morgan fingerprint density at radius 1 is 1.09 bits per heavy atom. The van der Waals surface area contributed by atoms with Crippen LogP contribution < -0.4 is 0 Å². The van der Waals surface area contributed by atoms with Crippen molar-refractivity contribution in [1.82, 2.24) is 4.98 Å². The maximum absolute atomic E-state index is 13.1. The average molecular weight is 336 g/mol. The molecule has 3 nitrogen and oxygen atoms in total. The molecule has 1 aliphatic rings. The standard InChI is InChI=1S/C17H15Cl2NO2/c18-13-5-4-12(11-14(13)19)17(6-9-22-10-7-17)16(21)15-3-1-2-8-20-15/h1-5,8,11H,6-7,9-10H2. The van der Waals surface area contributed by atoms with E-state index in [1.165, 1.54) is 0 Å². The second kappa shape index (κ2) is 6.37. The van der Waals surface area contributed by atoms with E-state index in [1.54, 1.807) is 30.5 Å². The van der Waals surface area contributed by atoms with Crippen molar-refractivity contribution in [2.24, 2.45) is 0 Å². The van der Waals surface area contributed by atoms with E-state index < -0.39 is 5.41 Å². The zero-order chi connectivity index (χ0) is 15.6. The predicted molar refractivity (Wildman–Crippen MR) is 86.8 cm³/mol. The lowest BCUT2D eigenvalue weighted by molar-refractivity contribution is 0.0421. The Labute approximate surface area is 139 Å². The Hall–Kier alpha value is -1.42. The Morgan fingerprint density at radius 3 is 2.50 bits per heavy atom. The van der Waals surface area contributed by atoms with Crippen LogP contribution in [0.3, 0.4) is 0 Å². The zero-order valence-corrected chi connectivity index (χ0v) is 13.4. The first-order chi connectivity index (χ1) is 10.6. The zero-order valence-electron chi connectivity index (χ0n) is 11.9. The summed E-state index contributed by atoms with van der Waals surface area (Å²) in [7, 11) is 0. The van der Waals surface area contributed by atoms with Gasteiger partial charge in [0.05, 0.1) is 15.5 Å². The predicted octanol–water partition coefficient (Wildman–Crippen LogP) is 4.32. The largest absolute Gasteiger partial charge is 0.381 e. The van der Waals surface area contributed by atoms with Crippen LogP contribution in [0, 0.1) is 0 Å². The number of hydrogen-bond acceptors (Lipinski definition) is 3. The van der Waals surface area contributed by atoms with Crippen molar-refractivity contribution in [3.63, 3.8) is 0 Å². The third-order valence-corrected chi connectivity index (χ3v) is 4.89. The quantitative estimate of drug-likeness (QED) is 0.784. The first-order valence-electron chi connectivity index (χ1n) is 7.13. The molecule has 0 unspecified atom stereocenters. The number of carbonyl (C=O) groups excluding carboxylic acids is 1. The molecule has 0 spiro atoms. The monoisotopic (exact) mass is 335 g/mol. The number of ketones is 1. The first kappa shape index (κ1) is 15.5. The molecule has 22 heavy (non-hydrogen) atoms. The summed E-state index contributed by atoms with van der Waals surface area (Å²) < 4.78 is 5.45. The minimum atomic E-state index is -0.652. The molecule has 2 heterocycles. The first-order valence-corrected chi connectivity index (χ1v) is 7.88. The number of pyridine rings is 1. The number of rotatable bonds is 3. The molecule has 0 radical (unpaired) electrons. The Balaban J connectivity index is 2.08. The summed E-state index contributed by atoms with van der Waals surface area (Å²) in [6, 6.07) is 10.8. The molecule has 1 aliphatic heterocycles. The van der Waals surface area contributed by atoms with E-state index in [-0.39, 0.29) is 5.78 Å². The number of Topliss-reactive ketones (excluding diaryl/α,β-unsaturated/α-hetero) is 1. The van der Waals surface area contributed by atoms with Crippen LogP contribution in [0.4, 0.5) is 0 Å². The lowest BCUT2D eigenvalue weighted by atomic mass is 9.70. The summed E-state index contributed by atoms with van der Waals surface area (Å²) in [5, 5.41) is 0.941. The molecule has 3 rings (SSSR count). The Kier molecular flexibility index (Phi) is 4.48. The number of hydrogen-bond donors (Lipinski definition) is 0. The molecule has 2 aromatic rings. The highest BCUT2D eigenvalue weighted by Gasteiger charge is 2.42. The van der Waals surface area contributed by atoms with Crippen molar-refractivity contribution in [2.45, 2.75) is 18.3 Å². The second-order valence-corrected chi connectivity index (χ2v) is 6.18. The van der Waals surface area contributed by atoms with Gasteiger partial charge in [-0.25, -0.2) is 0 Å². The van der Waals surface area contributed by atoms with Gasteiger partial charge in [0.1, 0.15) is 5.69 Å². The van der Waals surface area contributed by atoms with Crippen molar-refractivity contribution in [3.05, 3.63) is 63.9 Å². The van der Waals surface area contributed by atoms with Gasteiger partial charge in [-0.05, 0) is 42.7 Å². The van der Waals surface area contributed by atoms with Crippen molar-refractivity contribution in [3.8, 4) is 0 Å². The van der Waals surface area contributed by atoms with E-state index in [9.17, 15) is 4.79 Å². The van der Waals surface area contributed by atoms with Crippen LogP contribution in [0.15, 0.2) is 42.6 Å². The highest BCUT2D eigenvalue weighted by atomic mass is 35.5. The van der Waals surface area contributed by atoms with Gasteiger partial charge in [-0.1, -0.05) is 35.3 Å². The minimum Gasteiger partial charge on any atom is -0.381 e. The van der Waals surface area contributed by atoms with Crippen LogP contribution in [0.25, 0.3) is 0 Å². The molecular weight excluding hydrogens is 321 g/mol. The summed E-state index contributed by atoms with van der Waals surface area (Å²) in [6.07, 6.45) is 2.86. The van der Waals surface area contributed by atoms with Crippen LogP contribution in [0.2, 0.25) is 10.0 Å². The fourth-order valence-electron chi connectivity index (χ4n) is 2.90. The van der Waals surface area contributed by atoms with Crippen molar-refractivity contribution < 1.29 is 9.53 Å². The number of carbonyl (C=O) groups is 1. The van der Waals surface area contributed by atoms with Gasteiger partial charge in [0, 0.05) is 19.4 Å². The molecule has 0 bridgehead atoms. The summed E-state index contributed by atoms with van der Waals surface area (Å²) in [4.78, 5) is 17.3. The van der Waals surface area contributed by atoms with Crippen LogP contribution in [-0.4, -0.2) is 24.0 Å². The van der Waals surface area contributed by atoms with Gasteiger partial charge in [-0.2, -0.15) is 0 Å². The van der Waals surface area contributed by atoms with E-state index in [4.69, 9.17) is 27.9 Å². The molecule has 1 fully saturated rings. The summed E-state index contributed by atoms with van der Waals surface area (Å²) in [6.45, 7) is 1.08. The SMILES string of the molecule is O=C(c1ccccn1)C1(c2ccc(Cl)c(Cl)c2)CCOCC1. The minimum absolute atomic E-state index is 0.00906. The number of aromatic nitrogens is 1. The van der Waals surface area contributed by atoms with Crippen LogP contribution >= 0.6 is 23.2 Å². The molecule has 0 atom stereocenters. The third kappa shape index (κ3) is 2.76. The van der Waals surface area contributed by atoms with Crippen LogP contribution in [0.1, 0.15) is 28.9 Å². The summed E-state index contributed by atoms with van der Waals surface area (Å²) >= 11 is 12.2. The molecular formula is C17H15Cl2NO2. The molecule has 0 aliphatic carbocycles. The van der Waals surface area contributed by atoms with E-state index >= 15 is 0 Å².